The van der Waals surface area contributed by atoms with Gasteiger partial charge in [0.05, 0.1) is 12.2 Å². The van der Waals surface area contributed by atoms with Crippen molar-refractivity contribution in [1.82, 2.24) is 15.0 Å². The lowest BCUT2D eigenvalue weighted by atomic mass is 10.2. The van der Waals surface area contributed by atoms with Crippen molar-refractivity contribution in [1.29, 1.82) is 0 Å². The summed E-state index contributed by atoms with van der Waals surface area (Å²) in [5.41, 5.74) is 6.74. The molecule has 0 aliphatic rings. The molecule has 1 aromatic heterocycles. The summed E-state index contributed by atoms with van der Waals surface area (Å²) in [6.45, 7) is 2.77. The summed E-state index contributed by atoms with van der Waals surface area (Å²) < 4.78 is 15.3. The highest BCUT2D eigenvalue weighted by Gasteiger charge is 2.09. The summed E-state index contributed by atoms with van der Waals surface area (Å²) in [6, 6.07) is 6.78. The van der Waals surface area contributed by atoms with Gasteiger partial charge in [0.15, 0.2) is 5.82 Å². The molecule has 0 aliphatic carbocycles. The number of aromatic nitrogens is 3. The molecule has 0 fully saturated rings. The van der Waals surface area contributed by atoms with Crippen molar-refractivity contribution in [3.63, 3.8) is 0 Å². The molecule has 1 heterocycles. The molecule has 19 heavy (non-hydrogen) atoms. The van der Waals surface area contributed by atoms with Crippen molar-refractivity contribution in [3.05, 3.63) is 35.8 Å². The molecule has 0 aliphatic heterocycles. The van der Waals surface area contributed by atoms with Crippen LogP contribution in [0.4, 0.5) is 10.2 Å². The summed E-state index contributed by atoms with van der Waals surface area (Å²) in [6.07, 6.45) is 1.86. The Morgan fingerprint density at radius 2 is 2.16 bits per heavy atom. The van der Waals surface area contributed by atoms with Crippen LogP contribution in [-0.2, 0) is 13.0 Å². The Hall–Kier alpha value is -1.56. The fourth-order valence-electron chi connectivity index (χ4n) is 1.82. The Morgan fingerprint density at radius 1 is 1.37 bits per heavy atom. The quantitative estimate of drug-likeness (QED) is 0.827. The molecule has 2 N–H and O–H groups in total. The Kier molecular flexibility index (Phi) is 4.79. The molecule has 6 heteroatoms. The summed E-state index contributed by atoms with van der Waals surface area (Å²) in [7, 11) is 0. The second-order valence-corrected chi connectivity index (χ2v) is 5.31. The number of benzene rings is 1. The zero-order valence-corrected chi connectivity index (χ0v) is 11.7. The van der Waals surface area contributed by atoms with Crippen LogP contribution < -0.4 is 5.73 Å². The number of rotatable bonds is 6. The minimum Gasteiger partial charge on any atom is -0.381 e. The molecule has 0 atom stereocenters. The van der Waals surface area contributed by atoms with Crippen molar-refractivity contribution in [2.45, 2.75) is 31.2 Å². The first-order valence-corrected chi connectivity index (χ1v) is 7.26. The Labute approximate surface area is 116 Å². The maximum atomic E-state index is 13.4. The van der Waals surface area contributed by atoms with E-state index in [9.17, 15) is 4.39 Å². The minimum absolute atomic E-state index is 0.181. The molecule has 0 unspecified atom stereocenters. The van der Waals surface area contributed by atoms with Gasteiger partial charge < -0.3 is 5.73 Å². The Morgan fingerprint density at radius 3 is 2.89 bits per heavy atom. The van der Waals surface area contributed by atoms with Gasteiger partial charge in [0.2, 0.25) is 0 Å². The second kappa shape index (κ2) is 6.56. The van der Waals surface area contributed by atoms with E-state index in [4.69, 9.17) is 5.73 Å². The van der Waals surface area contributed by atoms with Crippen molar-refractivity contribution >= 4 is 17.6 Å². The summed E-state index contributed by atoms with van der Waals surface area (Å²) in [5, 5.41) is 7.91. The normalized spacial score (nSPS) is 10.8. The highest BCUT2D eigenvalue weighted by Crippen LogP contribution is 2.21. The zero-order chi connectivity index (χ0) is 13.7. The zero-order valence-electron chi connectivity index (χ0n) is 10.8. The molecule has 1 aromatic carbocycles. The predicted octanol–water partition coefficient (Wildman–Crippen LogP) is 2.74. The van der Waals surface area contributed by atoms with Crippen molar-refractivity contribution in [2.75, 3.05) is 11.5 Å². The number of nitrogen functional groups attached to an aromatic ring is 1. The predicted molar refractivity (Wildman–Crippen MR) is 75.6 cm³/mol. The van der Waals surface area contributed by atoms with Gasteiger partial charge in [-0.05, 0) is 18.6 Å². The monoisotopic (exact) mass is 280 g/mol. The average molecular weight is 280 g/mol. The fraction of sp³-hybridized carbons (Fsp3) is 0.385. The molecular formula is C13H17FN4S. The molecular weight excluding hydrogens is 263 g/mol. The molecule has 0 amide bonds. The molecule has 0 radical (unpaired) electrons. The lowest BCUT2D eigenvalue weighted by molar-refractivity contribution is 0.593. The Bertz CT molecular complexity index is 541. The second-order valence-electron chi connectivity index (χ2n) is 4.17. The van der Waals surface area contributed by atoms with E-state index in [-0.39, 0.29) is 5.82 Å². The third-order valence-corrected chi connectivity index (χ3v) is 3.78. The smallest absolute Gasteiger partial charge is 0.169 e. The standard InChI is InChI=1S/C13H17FN4S/c1-2-5-11-13(15)16-17-18(11)8-9-19-12-7-4-3-6-10(12)14/h3-4,6-7H,2,5,8-9,15H2,1H3. The van der Waals surface area contributed by atoms with Gasteiger partial charge in [-0.25, -0.2) is 9.07 Å². The third kappa shape index (κ3) is 3.47. The molecule has 0 spiro atoms. The number of hydrogen-bond acceptors (Lipinski definition) is 4. The van der Waals surface area contributed by atoms with E-state index in [1.807, 2.05) is 10.7 Å². The fourth-order valence-corrected chi connectivity index (χ4v) is 2.69. The maximum absolute atomic E-state index is 13.4. The molecule has 0 saturated heterocycles. The molecule has 0 saturated carbocycles. The van der Waals surface area contributed by atoms with Gasteiger partial charge in [-0.2, -0.15) is 0 Å². The molecule has 4 nitrogen and oxygen atoms in total. The minimum atomic E-state index is -0.181. The van der Waals surface area contributed by atoms with Crippen LogP contribution in [0.25, 0.3) is 0 Å². The van der Waals surface area contributed by atoms with Gasteiger partial charge in [0.1, 0.15) is 5.82 Å². The van der Waals surface area contributed by atoms with E-state index < -0.39 is 0 Å². The van der Waals surface area contributed by atoms with Gasteiger partial charge in [0, 0.05) is 10.6 Å². The maximum Gasteiger partial charge on any atom is 0.169 e. The number of halogens is 1. The van der Waals surface area contributed by atoms with Gasteiger partial charge in [-0.15, -0.1) is 16.9 Å². The molecule has 102 valence electrons. The highest BCUT2D eigenvalue weighted by atomic mass is 32.2. The van der Waals surface area contributed by atoms with Crippen LogP contribution in [0.15, 0.2) is 29.2 Å². The highest BCUT2D eigenvalue weighted by molar-refractivity contribution is 7.99. The van der Waals surface area contributed by atoms with Crippen LogP contribution in [0.2, 0.25) is 0 Å². The topological polar surface area (TPSA) is 56.7 Å². The van der Waals surface area contributed by atoms with E-state index >= 15 is 0 Å². The number of nitrogens with zero attached hydrogens (tertiary/aromatic N) is 3. The Balaban J connectivity index is 1.94. The first kappa shape index (κ1) is 13.9. The van der Waals surface area contributed by atoms with Crippen LogP contribution in [0, 0.1) is 5.82 Å². The van der Waals surface area contributed by atoms with E-state index in [1.165, 1.54) is 17.8 Å². The van der Waals surface area contributed by atoms with Crippen LogP contribution in [0.3, 0.4) is 0 Å². The van der Waals surface area contributed by atoms with Crippen LogP contribution in [0.1, 0.15) is 19.0 Å². The molecule has 2 aromatic rings. The number of anilines is 1. The number of hydrogen-bond donors (Lipinski definition) is 1. The van der Waals surface area contributed by atoms with E-state index in [0.717, 1.165) is 24.3 Å². The SMILES string of the molecule is CCCc1c(N)nnn1CCSc1ccccc1F. The van der Waals surface area contributed by atoms with Crippen LogP contribution in [0.5, 0.6) is 0 Å². The van der Waals surface area contributed by atoms with Gasteiger partial charge in [-0.1, -0.05) is 30.7 Å². The number of aryl methyl sites for hydroxylation is 1. The summed E-state index contributed by atoms with van der Waals surface area (Å²) >= 11 is 1.47. The van der Waals surface area contributed by atoms with Crippen molar-refractivity contribution in [2.24, 2.45) is 0 Å². The van der Waals surface area contributed by atoms with E-state index in [0.29, 0.717) is 17.3 Å². The number of thioether (sulfide) groups is 1. The third-order valence-electron chi connectivity index (χ3n) is 2.75. The lowest BCUT2D eigenvalue weighted by Crippen LogP contribution is -2.08. The first-order chi connectivity index (χ1) is 9.22. The average Bonchev–Trinajstić information content (AvgIpc) is 2.74. The van der Waals surface area contributed by atoms with Gasteiger partial charge in [-0.3, -0.25) is 0 Å². The van der Waals surface area contributed by atoms with Crippen molar-refractivity contribution < 1.29 is 4.39 Å². The van der Waals surface area contributed by atoms with Crippen LogP contribution >= 0.6 is 11.8 Å². The summed E-state index contributed by atoms with van der Waals surface area (Å²) in [5.74, 6) is 1.05. The van der Waals surface area contributed by atoms with E-state index in [2.05, 4.69) is 17.2 Å². The van der Waals surface area contributed by atoms with Crippen molar-refractivity contribution in [3.8, 4) is 0 Å². The molecule has 0 bridgehead atoms. The van der Waals surface area contributed by atoms with Crippen LogP contribution in [-0.4, -0.2) is 20.7 Å². The summed E-state index contributed by atoms with van der Waals surface area (Å²) in [4.78, 5) is 0.660. The molecule has 2 rings (SSSR count). The van der Waals surface area contributed by atoms with Gasteiger partial charge >= 0.3 is 0 Å². The largest absolute Gasteiger partial charge is 0.381 e. The lowest BCUT2D eigenvalue weighted by Gasteiger charge is -2.06. The van der Waals surface area contributed by atoms with E-state index in [1.54, 1.807) is 12.1 Å². The van der Waals surface area contributed by atoms with Gasteiger partial charge in [0.25, 0.3) is 0 Å². The number of nitrogens with two attached hydrogens (primary N) is 1. The first-order valence-electron chi connectivity index (χ1n) is 6.27.